The van der Waals surface area contributed by atoms with Gasteiger partial charge in [-0.2, -0.15) is 0 Å². The third-order valence-corrected chi connectivity index (χ3v) is 7.23. The number of nitrogens with one attached hydrogen (secondary N) is 4. The molecule has 0 saturated heterocycles. The van der Waals surface area contributed by atoms with Crippen LogP contribution in [0.25, 0.3) is 10.8 Å². The number of fused-ring (bicyclic) bond motifs is 1. The molecule has 9 heteroatoms. The van der Waals surface area contributed by atoms with Crippen molar-refractivity contribution in [2.75, 3.05) is 0 Å². The highest BCUT2D eigenvalue weighted by molar-refractivity contribution is 5.95. The van der Waals surface area contributed by atoms with Crippen LogP contribution in [-0.2, 0) is 37.0 Å². The van der Waals surface area contributed by atoms with Gasteiger partial charge in [0.2, 0.25) is 23.6 Å². The summed E-state index contributed by atoms with van der Waals surface area (Å²) in [5, 5.41) is 10.6. The smallest absolute Gasteiger partial charge is 0.246 e. The van der Waals surface area contributed by atoms with E-state index in [1.54, 1.807) is 20.8 Å². The minimum atomic E-state index is -1.20. The second-order valence-electron chi connectivity index (χ2n) is 11.9. The second kappa shape index (κ2) is 13.6. The number of carbonyl (C=O) groups excluding carboxylic acids is 4. The predicted octanol–water partition coefficient (Wildman–Crippen LogP) is 3.56. The van der Waals surface area contributed by atoms with Gasteiger partial charge in [0.1, 0.15) is 12.1 Å². The Balaban J connectivity index is 1.45. The van der Waals surface area contributed by atoms with Gasteiger partial charge in [0.15, 0.2) is 0 Å². The van der Waals surface area contributed by atoms with Crippen LogP contribution in [0.5, 0.6) is 0 Å². The molecule has 3 aromatic carbocycles. The van der Waals surface area contributed by atoms with Crippen molar-refractivity contribution in [1.82, 2.24) is 21.4 Å². The highest BCUT2D eigenvalue weighted by Crippen LogP contribution is 2.40. The first-order valence-electron chi connectivity index (χ1n) is 14.3. The number of benzene rings is 3. The lowest BCUT2D eigenvalue weighted by Crippen LogP contribution is -2.55. The maximum atomic E-state index is 13.5. The lowest BCUT2D eigenvalue weighted by molar-refractivity contribution is -0.147. The van der Waals surface area contributed by atoms with Crippen LogP contribution in [0.1, 0.15) is 51.7 Å². The quantitative estimate of drug-likeness (QED) is 0.247. The maximum Gasteiger partial charge on any atom is 0.246 e. The van der Waals surface area contributed by atoms with Crippen LogP contribution >= 0.6 is 0 Å². The monoisotopic (exact) mass is 572 g/mol. The molecule has 3 aromatic rings. The molecule has 4 amide bonds. The van der Waals surface area contributed by atoms with E-state index in [1.165, 1.54) is 0 Å². The van der Waals surface area contributed by atoms with E-state index in [9.17, 15) is 19.2 Å². The van der Waals surface area contributed by atoms with Crippen molar-refractivity contribution in [1.29, 1.82) is 0 Å². The molecule has 222 valence electrons. The van der Waals surface area contributed by atoms with Crippen LogP contribution in [0, 0.1) is 11.8 Å². The summed E-state index contributed by atoms with van der Waals surface area (Å²) in [6.45, 7) is 7.65. The average molecular weight is 573 g/mol. The Morgan fingerprint density at radius 3 is 2.21 bits per heavy atom. The van der Waals surface area contributed by atoms with E-state index in [2.05, 4.69) is 21.4 Å². The average Bonchev–Trinajstić information content (AvgIpc) is 3.68. The molecule has 1 saturated carbocycles. The van der Waals surface area contributed by atoms with Gasteiger partial charge in [-0.15, -0.1) is 0 Å². The molecule has 4 N–H and O–H groups in total. The number of hydrogen-bond donors (Lipinski definition) is 4. The predicted molar refractivity (Wildman–Crippen MR) is 161 cm³/mol. The molecule has 1 aliphatic carbocycles. The van der Waals surface area contributed by atoms with Gasteiger partial charge in [-0.3, -0.25) is 24.0 Å². The molecular formula is C33H40N4O5. The van der Waals surface area contributed by atoms with Crippen LogP contribution in [0.4, 0.5) is 0 Å². The highest BCUT2D eigenvalue weighted by atomic mass is 16.7. The summed E-state index contributed by atoms with van der Waals surface area (Å²) in [4.78, 5) is 57.9. The van der Waals surface area contributed by atoms with Crippen molar-refractivity contribution in [3.63, 3.8) is 0 Å². The summed E-state index contributed by atoms with van der Waals surface area (Å²) in [5.74, 6) is -1.68. The fourth-order valence-corrected chi connectivity index (χ4v) is 4.85. The molecule has 0 aromatic heterocycles. The molecule has 9 nitrogen and oxygen atoms in total. The van der Waals surface area contributed by atoms with Crippen molar-refractivity contribution in [2.24, 2.45) is 11.8 Å². The third-order valence-electron chi connectivity index (χ3n) is 7.23. The summed E-state index contributed by atoms with van der Waals surface area (Å²) in [5.41, 5.74) is 3.45. The lowest BCUT2D eigenvalue weighted by Gasteiger charge is -2.24. The molecule has 0 heterocycles. The Labute approximate surface area is 246 Å². The van der Waals surface area contributed by atoms with Crippen molar-refractivity contribution in [3.8, 4) is 0 Å². The second-order valence-corrected chi connectivity index (χ2v) is 11.9. The summed E-state index contributed by atoms with van der Waals surface area (Å²) in [7, 11) is 0. The summed E-state index contributed by atoms with van der Waals surface area (Å²) in [6, 6.07) is 21.0. The minimum absolute atomic E-state index is 0.0410. The zero-order valence-corrected chi connectivity index (χ0v) is 24.6. The number of amides is 4. The van der Waals surface area contributed by atoms with Gasteiger partial charge in [-0.05, 0) is 60.9 Å². The molecule has 4 atom stereocenters. The van der Waals surface area contributed by atoms with Crippen molar-refractivity contribution < 1.29 is 24.0 Å². The lowest BCUT2D eigenvalue weighted by atomic mass is 10.0. The van der Waals surface area contributed by atoms with E-state index in [0.29, 0.717) is 6.54 Å². The maximum absolute atomic E-state index is 13.5. The third kappa shape index (κ3) is 8.88. The minimum Gasteiger partial charge on any atom is -0.350 e. The van der Waals surface area contributed by atoms with Gasteiger partial charge in [-0.25, -0.2) is 5.48 Å². The highest BCUT2D eigenvalue weighted by Gasteiger charge is 2.44. The number of hydrogen-bond acceptors (Lipinski definition) is 5. The number of carbonyl (C=O) groups is 4. The normalized spacial score (nSPS) is 17.5. The SMILES string of the molecule is CC1CC1[C@H](NC(=O)[C@H](CC(=O)NOC(C)(C)C)NC(=O)Cc1ccccc1)C(=O)NCc1cccc2ccccc12. The Morgan fingerprint density at radius 2 is 1.52 bits per heavy atom. The first-order chi connectivity index (χ1) is 20.0. The Bertz CT molecular complexity index is 1410. The first-order valence-corrected chi connectivity index (χ1v) is 14.3. The van der Waals surface area contributed by atoms with E-state index < -0.39 is 35.4 Å². The van der Waals surface area contributed by atoms with Crippen LogP contribution in [0.2, 0.25) is 0 Å². The van der Waals surface area contributed by atoms with Gasteiger partial charge in [0.05, 0.1) is 18.4 Å². The Hall–Kier alpha value is -4.24. The number of hydroxylamine groups is 1. The largest absolute Gasteiger partial charge is 0.350 e. The van der Waals surface area contributed by atoms with Crippen molar-refractivity contribution >= 4 is 34.4 Å². The van der Waals surface area contributed by atoms with E-state index >= 15 is 0 Å². The van der Waals surface area contributed by atoms with Gasteiger partial charge in [-0.1, -0.05) is 79.7 Å². The van der Waals surface area contributed by atoms with E-state index in [0.717, 1.165) is 28.3 Å². The topological polar surface area (TPSA) is 126 Å². The Morgan fingerprint density at radius 1 is 0.857 bits per heavy atom. The van der Waals surface area contributed by atoms with Crippen molar-refractivity contribution in [3.05, 3.63) is 83.9 Å². The molecule has 42 heavy (non-hydrogen) atoms. The number of rotatable bonds is 12. The first kappa shape index (κ1) is 30.7. The standard InChI is InChI=1S/C33H40N4O5/c1-21-17-26(21)30(32(41)34-20-24-15-10-14-23-13-8-9-16-25(23)24)36-31(40)27(19-29(39)37-42-33(2,3)4)35-28(38)18-22-11-6-5-7-12-22/h5-16,21,26-27,30H,17-20H2,1-4H3,(H,34,41)(H,35,38)(H,36,40)(H,37,39)/t21?,26?,27-,30-/m0/s1. The van der Waals surface area contributed by atoms with E-state index in [-0.39, 0.29) is 30.6 Å². The van der Waals surface area contributed by atoms with Gasteiger partial charge < -0.3 is 16.0 Å². The molecule has 0 spiro atoms. The summed E-state index contributed by atoms with van der Waals surface area (Å²) in [6.07, 6.45) is 0.476. The summed E-state index contributed by atoms with van der Waals surface area (Å²) < 4.78 is 0. The molecule has 4 rings (SSSR count). The fourth-order valence-electron chi connectivity index (χ4n) is 4.85. The van der Waals surface area contributed by atoms with Crippen LogP contribution < -0.4 is 21.4 Å². The van der Waals surface area contributed by atoms with E-state index in [1.807, 2.05) is 79.7 Å². The van der Waals surface area contributed by atoms with Crippen LogP contribution in [-0.4, -0.2) is 41.3 Å². The fraction of sp³-hybridized carbons (Fsp3) is 0.394. The van der Waals surface area contributed by atoms with Gasteiger partial charge in [0.25, 0.3) is 0 Å². The molecular weight excluding hydrogens is 532 g/mol. The molecule has 0 aliphatic heterocycles. The molecule has 1 fully saturated rings. The molecule has 0 bridgehead atoms. The van der Waals surface area contributed by atoms with Crippen LogP contribution in [0.3, 0.4) is 0 Å². The van der Waals surface area contributed by atoms with Crippen LogP contribution in [0.15, 0.2) is 72.8 Å². The van der Waals surface area contributed by atoms with Gasteiger partial charge in [0, 0.05) is 6.54 Å². The molecule has 2 unspecified atom stereocenters. The van der Waals surface area contributed by atoms with E-state index in [4.69, 9.17) is 4.84 Å². The zero-order valence-electron chi connectivity index (χ0n) is 24.6. The zero-order chi connectivity index (χ0) is 30.3. The Kier molecular flexibility index (Phi) is 9.96. The molecule has 1 aliphatic rings. The van der Waals surface area contributed by atoms with Crippen molar-refractivity contribution in [2.45, 2.75) is 71.2 Å². The molecule has 0 radical (unpaired) electrons. The summed E-state index contributed by atoms with van der Waals surface area (Å²) >= 11 is 0. The van der Waals surface area contributed by atoms with Gasteiger partial charge >= 0.3 is 0 Å².